The first-order valence-corrected chi connectivity index (χ1v) is 12.9. The Morgan fingerprint density at radius 1 is 0.767 bits per heavy atom. The molecule has 0 spiro atoms. The molecule has 236 valence electrons. The van der Waals surface area contributed by atoms with Crippen molar-refractivity contribution >= 4 is 11.0 Å². The normalized spacial score (nSPS) is 32.6. The highest BCUT2D eigenvalue weighted by molar-refractivity contribution is 5.88. The summed E-state index contributed by atoms with van der Waals surface area (Å²) in [5.41, 5.74) is -0.661. The predicted octanol–water partition coefficient (Wildman–Crippen LogP) is -2.44. The van der Waals surface area contributed by atoms with Gasteiger partial charge in [-0.1, -0.05) is 0 Å². The van der Waals surface area contributed by atoms with Crippen LogP contribution in [0.15, 0.2) is 45.6 Å². The third kappa shape index (κ3) is 6.53. The van der Waals surface area contributed by atoms with Gasteiger partial charge in [0, 0.05) is 17.7 Å². The molecule has 0 aliphatic carbocycles. The van der Waals surface area contributed by atoms with Crippen molar-refractivity contribution in [3.63, 3.8) is 0 Å². The van der Waals surface area contributed by atoms with Crippen LogP contribution in [0.5, 0.6) is 23.0 Å². The molecule has 3 heterocycles. The number of hydrogen-bond acceptors (Lipinski definition) is 16. The number of aromatic hydroxyl groups is 3. The second-order valence-corrected chi connectivity index (χ2v) is 9.99. The van der Waals surface area contributed by atoms with Crippen molar-refractivity contribution in [1.82, 2.24) is 0 Å². The van der Waals surface area contributed by atoms with E-state index in [9.17, 15) is 35.4 Å². The molecular weight excluding hydrogens is 580 g/mol. The van der Waals surface area contributed by atoms with E-state index in [1.54, 1.807) is 0 Å². The lowest BCUT2D eigenvalue weighted by Crippen LogP contribution is -2.58. The summed E-state index contributed by atoms with van der Waals surface area (Å²) in [7, 11) is 0. The van der Waals surface area contributed by atoms with Crippen molar-refractivity contribution in [2.45, 2.75) is 68.3 Å². The topological polar surface area (TPSA) is 280 Å². The molecule has 2 aromatic carbocycles. The Balaban J connectivity index is 0.000000296. The van der Waals surface area contributed by atoms with Gasteiger partial charge in [-0.25, -0.2) is 0 Å². The maximum atomic E-state index is 13.2. The van der Waals surface area contributed by atoms with Crippen LogP contribution in [0.25, 0.3) is 22.3 Å². The van der Waals surface area contributed by atoms with E-state index >= 15 is 0 Å². The van der Waals surface area contributed by atoms with Crippen LogP contribution in [-0.2, 0) is 9.47 Å². The van der Waals surface area contributed by atoms with Crippen molar-refractivity contribution < 1.29 is 74.8 Å². The van der Waals surface area contributed by atoms with Crippen molar-refractivity contribution in [3.05, 3.63) is 46.6 Å². The summed E-state index contributed by atoms with van der Waals surface area (Å²) in [5.74, 6) is -1.51. The van der Waals surface area contributed by atoms with Crippen molar-refractivity contribution in [2.75, 3.05) is 6.61 Å². The number of hydrogen-bond donors (Lipinski definition) is 11. The van der Waals surface area contributed by atoms with Crippen molar-refractivity contribution in [2.24, 2.45) is 0 Å². The Labute approximate surface area is 242 Å². The Morgan fingerprint density at radius 3 is 2.02 bits per heavy atom. The number of phenols is 3. The summed E-state index contributed by atoms with van der Waals surface area (Å²) in [4.78, 5) is 13.2. The molecule has 10 unspecified atom stereocenters. The Morgan fingerprint density at radius 2 is 1.40 bits per heavy atom. The number of aliphatic hydroxyl groups excluding tert-OH is 8. The fourth-order valence-electron chi connectivity index (χ4n) is 4.49. The van der Waals surface area contributed by atoms with Crippen LogP contribution in [-0.4, -0.2) is 124 Å². The highest BCUT2D eigenvalue weighted by Crippen LogP contribution is 2.37. The summed E-state index contributed by atoms with van der Waals surface area (Å²) in [5, 5.41) is 104. The maximum absolute atomic E-state index is 13.2. The minimum atomic E-state index is -1.69. The third-order valence-corrected chi connectivity index (χ3v) is 6.96. The van der Waals surface area contributed by atoms with Crippen LogP contribution in [0, 0.1) is 0 Å². The molecule has 43 heavy (non-hydrogen) atoms. The minimum absolute atomic E-state index is 0.0402. The standard InChI is InChI=1S/C21H20O10.C6H12O6/c1-8-15(25)17(27)18(28)21(29-8)31-20-16(26)14-12(24)6-11(23)7-13(14)30-19(20)9-2-4-10(22)5-3-9;7-1-2-3(8)4(9)5(10)6(11)12-2/h2-8,15,17-18,21-25,27-28H,1H3;2-11H,1H2. The van der Waals surface area contributed by atoms with E-state index in [2.05, 4.69) is 4.74 Å². The van der Waals surface area contributed by atoms with E-state index in [-0.39, 0.29) is 28.2 Å². The van der Waals surface area contributed by atoms with E-state index in [0.717, 1.165) is 12.1 Å². The zero-order valence-electron chi connectivity index (χ0n) is 22.4. The molecule has 2 aliphatic heterocycles. The molecule has 0 bridgehead atoms. The van der Waals surface area contributed by atoms with Crippen molar-refractivity contribution in [3.8, 4) is 34.3 Å². The summed E-state index contributed by atoms with van der Waals surface area (Å²) in [6.07, 6.45) is -14.2. The molecule has 3 aromatic rings. The molecule has 16 heteroatoms. The second-order valence-electron chi connectivity index (χ2n) is 9.99. The number of benzene rings is 2. The zero-order chi connectivity index (χ0) is 31.7. The lowest BCUT2D eigenvalue weighted by atomic mass is 10.00. The van der Waals surface area contributed by atoms with Crippen LogP contribution < -0.4 is 10.2 Å². The number of phenolic OH excluding ortho intramolecular Hbond substituents is 3. The fourth-order valence-corrected chi connectivity index (χ4v) is 4.49. The molecule has 0 amide bonds. The SMILES string of the molecule is CC1OC(Oc2c(-c3ccc(O)cc3)oc3cc(O)cc(O)c3c2=O)C(O)C(O)C1O.OCC1OC(O)C(O)C(O)C1O. The summed E-state index contributed by atoms with van der Waals surface area (Å²) >= 11 is 0. The molecule has 0 saturated carbocycles. The van der Waals surface area contributed by atoms with Gasteiger partial charge in [-0.3, -0.25) is 4.79 Å². The molecule has 11 N–H and O–H groups in total. The predicted molar refractivity (Wildman–Crippen MR) is 142 cm³/mol. The van der Waals surface area contributed by atoms with Crippen LogP contribution in [0.4, 0.5) is 0 Å². The van der Waals surface area contributed by atoms with Gasteiger partial charge in [-0.05, 0) is 31.2 Å². The van der Waals surface area contributed by atoms with Crippen LogP contribution >= 0.6 is 0 Å². The average Bonchev–Trinajstić information content (AvgIpc) is 2.97. The van der Waals surface area contributed by atoms with Gasteiger partial charge >= 0.3 is 0 Å². The quantitative estimate of drug-likeness (QED) is 0.146. The summed E-state index contributed by atoms with van der Waals surface area (Å²) in [6, 6.07) is 7.66. The summed E-state index contributed by atoms with van der Waals surface area (Å²) in [6.45, 7) is 0.927. The Bertz CT molecular complexity index is 1450. The zero-order valence-corrected chi connectivity index (χ0v) is 22.4. The molecule has 5 rings (SSSR count). The minimum Gasteiger partial charge on any atom is -0.508 e. The molecule has 1 aromatic heterocycles. The fraction of sp³-hybridized carbons (Fsp3) is 0.444. The first kappa shape index (κ1) is 32.4. The second kappa shape index (κ2) is 13.0. The van der Waals surface area contributed by atoms with E-state index in [1.807, 2.05) is 0 Å². The van der Waals surface area contributed by atoms with Crippen LogP contribution in [0.3, 0.4) is 0 Å². The highest BCUT2D eigenvalue weighted by Gasteiger charge is 2.44. The monoisotopic (exact) mass is 612 g/mol. The number of ether oxygens (including phenoxy) is 3. The lowest BCUT2D eigenvalue weighted by molar-refractivity contribution is -0.286. The highest BCUT2D eigenvalue weighted by atomic mass is 16.7. The van der Waals surface area contributed by atoms with E-state index in [4.69, 9.17) is 39.4 Å². The van der Waals surface area contributed by atoms with Gasteiger partial charge in [0.25, 0.3) is 0 Å². The third-order valence-electron chi connectivity index (χ3n) is 6.96. The van der Waals surface area contributed by atoms with E-state index in [1.165, 1.54) is 31.2 Å². The van der Waals surface area contributed by atoms with Gasteiger partial charge in [-0.2, -0.15) is 0 Å². The van der Waals surface area contributed by atoms with Crippen molar-refractivity contribution in [1.29, 1.82) is 0 Å². The van der Waals surface area contributed by atoms with Crippen LogP contribution in [0.2, 0.25) is 0 Å². The van der Waals surface area contributed by atoms with Gasteiger partial charge in [0.2, 0.25) is 17.5 Å². The van der Waals surface area contributed by atoms with Gasteiger partial charge in [0.15, 0.2) is 12.1 Å². The molecule has 0 radical (unpaired) electrons. The maximum Gasteiger partial charge on any atom is 0.239 e. The summed E-state index contributed by atoms with van der Waals surface area (Å²) < 4.78 is 21.3. The van der Waals surface area contributed by atoms with Gasteiger partial charge < -0.3 is 74.8 Å². The molecule has 2 fully saturated rings. The number of aliphatic hydroxyl groups is 8. The van der Waals surface area contributed by atoms with Gasteiger partial charge in [-0.15, -0.1) is 0 Å². The Hall–Kier alpha value is -3.55. The van der Waals surface area contributed by atoms with Gasteiger partial charge in [0.05, 0.1) is 12.7 Å². The average molecular weight is 613 g/mol. The Kier molecular flexibility index (Phi) is 9.77. The largest absolute Gasteiger partial charge is 0.508 e. The molecular formula is C27H32O16. The molecule has 2 saturated heterocycles. The van der Waals surface area contributed by atoms with Crippen LogP contribution in [0.1, 0.15) is 6.92 Å². The number of rotatable bonds is 4. The first-order chi connectivity index (χ1) is 20.2. The first-order valence-electron chi connectivity index (χ1n) is 12.9. The molecule has 16 nitrogen and oxygen atoms in total. The number of fused-ring (bicyclic) bond motifs is 1. The molecule has 2 aliphatic rings. The lowest BCUT2D eigenvalue weighted by Gasteiger charge is -2.38. The smallest absolute Gasteiger partial charge is 0.239 e. The van der Waals surface area contributed by atoms with Gasteiger partial charge in [0.1, 0.15) is 70.9 Å². The molecule has 10 atom stereocenters. The van der Waals surface area contributed by atoms with E-state index < -0.39 is 84.9 Å². The van der Waals surface area contributed by atoms with E-state index in [0.29, 0.717) is 5.56 Å².